The maximum Gasteiger partial charge on any atom is 0.343 e. The number of ether oxygens (including phenoxy) is 9. The zero-order valence-corrected chi connectivity index (χ0v) is 38.9. The zero-order chi connectivity index (χ0) is 50.8. The van der Waals surface area contributed by atoms with Crippen molar-refractivity contribution in [3.05, 3.63) is 200 Å². The van der Waals surface area contributed by atoms with Gasteiger partial charge >= 0.3 is 29.8 Å². The second-order valence-corrected chi connectivity index (χ2v) is 15.4. The molecule has 0 aliphatic rings. The van der Waals surface area contributed by atoms with Crippen LogP contribution in [0.1, 0.15) is 61.2 Å². The Labute approximate surface area is 413 Å². The minimum absolute atomic E-state index is 0.00586. The van der Waals surface area contributed by atoms with Gasteiger partial charge in [0, 0.05) is 18.6 Å². The van der Waals surface area contributed by atoms with E-state index in [1.165, 1.54) is 43.2 Å². The first kappa shape index (κ1) is 50.4. The Morgan fingerprint density at radius 1 is 0.431 bits per heavy atom. The lowest BCUT2D eigenvalue weighted by molar-refractivity contribution is -0.138. The van der Waals surface area contributed by atoms with E-state index in [-0.39, 0.29) is 66.8 Å². The molecule has 7 aromatic carbocycles. The Hall–Kier alpha value is -9.50. The highest BCUT2D eigenvalue weighted by Gasteiger charge is 2.20. The number of rotatable bonds is 23. The average Bonchev–Trinajstić information content (AvgIpc) is 3.39. The van der Waals surface area contributed by atoms with Gasteiger partial charge in [-0.3, -0.25) is 4.79 Å². The number of fused-ring (bicyclic) bond motifs is 3. The predicted octanol–water partition coefficient (Wildman–Crippen LogP) is 11.0. The number of carbonyl (C=O) groups is 6. The van der Waals surface area contributed by atoms with Gasteiger partial charge in [0.25, 0.3) is 0 Å². The summed E-state index contributed by atoms with van der Waals surface area (Å²) in [6.07, 6.45) is 8.22. The summed E-state index contributed by atoms with van der Waals surface area (Å²) in [5, 5.41) is 4.56. The summed E-state index contributed by atoms with van der Waals surface area (Å²) >= 11 is 0. The summed E-state index contributed by atoms with van der Waals surface area (Å²) in [7, 11) is 0. The lowest BCUT2D eigenvalue weighted by atomic mass is 10.0. The molecule has 0 heterocycles. The van der Waals surface area contributed by atoms with E-state index in [0.29, 0.717) is 34.6 Å². The molecule has 0 N–H and O–H groups in total. The van der Waals surface area contributed by atoms with Crippen LogP contribution in [0.4, 0.5) is 0 Å². The quantitative estimate of drug-likeness (QED) is 0.0147. The molecule has 0 fully saturated rings. The maximum absolute atomic E-state index is 13.3. The lowest BCUT2D eigenvalue weighted by Crippen LogP contribution is -2.13. The smallest absolute Gasteiger partial charge is 0.343 e. The predicted molar refractivity (Wildman–Crippen MR) is 266 cm³/mol. The van der Waals surface area contributed by atoms with Crippen LogP contribution < -0.4 is 23.7 Å². The molecule has 0 aliphatic carbocycles. The van der Waals surface area contributed by atoms with Crippen molar-refractivity contribution >= 4 is 67.9 Å². The lowest BCUT2D eigenvalue weighted by Gasteiger charge is -2.12. The van der Waals surface area contributed by atoms with E-state index in [2.05, 4.69) is 13.2 Å². The molecule has 15 nitrogen and oxygen atoms in total. The molecule has 364 valence electrons. The standard InChI is InChI=1S/C57H46O15/c1-4-7-51(58)50-36-49(20-21-52(50)72-57(63)45-13-10-42-35-48(70-54(60)6-3)19-16-39(42)32-45)71-56(62)44-12-9-41-34-47(18-15-38(41)31-44)67-27-23-65-25-29-69-55(61)43-11-8-40-33-46(17-14-37(40)30-43)66-26-22-64-24-28-68-53(59)5-2/h5-6,8-23,26-27,30-36H,2-4,7,24-25,28-29H2,1H3/b26-22+,27-23+. The van der Waals surface area contributed by atoms with Crippen molar-refractivity contribution in [2.45, 2.75) is 19.8 Å². The van der Waals surface area contributed by atoms with Crippen LogP contribution in [0.5, 0.6) is 28.7 Å². The number of benzene rings is 7. The summed E-state index contributed by atoms with van der Waals surface area (Å²) in [4.78, 5) is 75.2. The van der Waals surface area contributed by atoms with E-state index in [9.17, 15) is 28.8 Å². The van der Waals surface area contributed by atoms with Crippen molar-refractivity contribution in [3.63, 3.8) is 0 Å². The zero-order valence-electron chi connectivity index (χ0n) is 38.9. The molecule has 7 rings (SSSR count). The molecule has 0 unspecified atom stereocenters. The molecular formula is C57H46O15. The van der Waals surface area contributed by atoms with Gasteiger partial charge in [-0.1, -0.05) is 56.5 Å². The molecule has 0 bridgehead atoms. The molecule has 7 aromatic rings. The first-order valence-corrected chi connectivity index (χ1v) is 22.4. The summed E-state index contributed by atoms with van der Waals surface area (Å²) in [6.45, 7) is 8.87. The normalized spacial score (nSPS) is 11.0. The van der Waals surface area contributed by atoms with Gasteiger partial charge in [0.2, 0.25) is 0 Å². The summed E-state index contributed by atoms with van der Waals surface area (Å²) in [5.41, 5.74) is 0.936. The molecule has 72 heavy (non-hydrogen) atoms. The van der Waals surface area contributed by atoms with Crippen LogP contribution >= 0.6 is 0 Å². The summed E-state index contributed by atoms with van der Waals surface area (Å²) in [5.74, 6) is -1.82. The van der Waals surface area contributed by atoms with Gasteiger partial charge in [0.05, 0.1) is 22.3 Å². The number of hydrogen-bond donors (Lipinski definition) is 0. The van der Waals surface area contributed by atoms with Crippen LogP contribution in [0.15, 0.2) is 178 Å². The van der Waals surface area contributed by atoms with Crippen molar-refractivity contribution in [1.29, 1.82) is 0 Å². The van der Waals surface area contributed by atoms with Crippen LogP contribution in [-0.4, -0.2) is 62.1 Å². The van der Waals surface area contributed by atoms with Crippen molar-refractivity contribution in [2.75, 3.05) is 26.4 Å². The van der Waals surface area contributed by atoms with Gasteiger partial charge in [-0.05, 0) is 130 Å². The second-order valence-electron chi connectivity index (χ2n) is 15.4. The van der Waals surface area contributed by atoms with E-state index in [1.807, 2.05) is 13.0 Å². The van der Waals surface area contributed by atoms with Gasteiger partial charge in [-0.25, -0.2) is 24.0 Å². The van der Waals surface area contributed by atoms with E-state index in [4.69, 9.17) is 42.6 Å². The number of carbonyl (C=O) groups excluding carboxylic acids is 6. The molecule has 0 amide bonds. The van der Waals surface area contributed by atoms with Crippen molar-refractivity contribution < 1.29 is 71.4 Å². The minimum atomic E-state index is -0.704. The summed E-state index contributed by atoms with van der Waals surface area (Å²) in [6, 6.07) is 34.8. The maximum atomic E-state index is 13.3. The fraction of sp³-hybridized carbons (Fsp3) is 0.123. The fourth-order valence-electron chi connectivity index (χ4n) is 6.93. The van der Waals surface area contributed by atoms with E-state index < -0.39 is 29.8 Å². The van der Waals surface area contributed by atoms with Gasteiger partial charge in [0.15, 0.2) is 5.78 Å². The SMILES string of the molecule is C=CC(=O)OCCO/C=C/Oc1ccc2cc(C(=O)OCCO/C=C/Oc3ccc4cc(C(=O)Oc5ccc(OC(=O)c6ccc7cc(OC(=O)C=C)ccc7c6)c(C(=O)CCC)c5)ccc4c3)ccc2c1. The Kier molecular flexibility index (Phi) is 17.3. The first-order chi connectivity index (χ1) is 35.0. The third-order valence-electron chi connectivity index (χ3n) is 10.4. The Balaban J connectivity index is 0.864. The molecule has 0 atom stereocenters. The molecule has 0 spiro atoms. The second kappa shape index (κ2) is 24.7. The van der Waals surface area contributed by atoms with Crippen LogP contribution in [0.3, 0.4) is 0 Å². The van der Waals surface area contributed by atoms with Gasteiger partial charge in [0.1, 0.15) is 80.2 Å². The highest BCUT2D eigenvalue weighted by molar-refractivity contribution is 6.03. The third-order valence-corrected chi connectivity index (χ3v) is 10.4. The minimum Gasteiger partial charge on any atom is -0.494 e. The van der Waals surface area contributed by atoms with Gasteiger partial charge in [-0.2, -0.15) is 0 Å². The molecule has 15 heteroatoms. The highest BCUT2D eigenvalue weighted by atomic mass is 16.6. The topological polar surface area (TPSA) is 185 Å². The number of ketones is 1. The van der Waals surface area contributed by atoms with Crippen molar-refractivity contribution in [1.82, 2.24) is 0 Å². The van der Waals surface area contributed by atoms with E-state index in [0.717, 1.165) is 39.1 Å². The van der Waals surface area contributed by atoms with Crippen molar-refractivity contribution in [2.24, 2.45) is 0 Å². The number of esters is 5. The third kappa shape index (κ3) is 13.8. The van der Waals surface area contributed by atoms with Gasteiger partial charge < -0.3 is 42.6 Å². The van der Waals surface area contributed by atoms with Crippen molar-refractivity contribution in [3.8, 4) is 28.7 Å². The first-order valence-electron chi connectivity index (χ1n) is 22.4. The Morgan fingerprint density at radius 2 is 0.875 bits per heavy atom. The molecule has 0 radical (unpaired) electrons. The molecule has 0 saturated heterocycles. The Bertz CT molecular complexity index is 3260. The van der Waals surface area contributed by atoms with Crippen LogP contribution in [0, 0.1) is 0 Å². The van der Waals surface area contributed by atoms with Gasteiger partial charge in [-0.15, -0.1) is 0 Å². The van der Waals surface area contributed by atoms with Crippen LogP contribution in [0.2, 0.25) is 0 Å². The van der Waals surface area contributed by atoms with E-state index >= 15 is 0 Å². The molecule has 0 aliphatic heterocycles. The fourth-order valence-corrected chi connectivity index (χ4v) is 6.93. The number of hydrogen-bond acceptors (Lipinski definition) is 15. The molecular weight excluding hydrogens is 925 g/mol. The molecule has 0 aromatic heterocycles. The largest absolute Gasteiger partial charge is 0.494 e. The Morgan fingerprint density at radius 3 is 1.42 bits per heavy atom. The monoisotopic (exact) mass is 970 g/mol. The highest BCUT2D eigenvalue weighted by Crippen LogP contribution is 2.30. The molecule has 0 saturated carbocycles. The van der Waals surface area contributed by atoms with Crippen LogP contribution in [-0.2, 0) is 28.5 Å². The number of Topliss-reactive ketones (excluding diaryl/α,β-unsaturated/α-hetero) is 1. The van der Waals surface area contributed by atoms with E-state index in [1.54, 1.807) is 103 Å². The van der Waals surface area contributed by atoms with Crippen LogP contribution in [0.25, 0.3) is 32.3 Å². The summed E-state index contributed by atoms with van der Waals surface area (Å²) < 4.78 is 48.7. The average molecular weight is 971 g/mol.